The molecule has 1 saturated heterocycles. The van der Waals surface area contributed by atoms with Crippen LogP contribution in [0.2, 0.25) is 0 Å². The van der Waals surface area contributed by atoms with E-state index in [4.69, 9.17) is 0 Å². The number of unbranched alkanes of at least 4 members (excludes halogenated alkanes) is 2. The van der Waals surface area contributed by atoms with Gasteiger partial charge in [0.1, 0.15) is 5.25 Å². The molecule has 0 bridgehead atoms. The predicted octanol–water partition coefficient (Wildman–Crippen LogP) is 4.31. The Labute approximate surface area is 152 Å². The van der Waals surface area contributed by atoms with Crippen LogP contribution in [0, 0.1) is 5.92 Å². The molecule has 0 radical (unpaired) electrons. The quantitative estimate of drug-likeness (QED) is 0.549. The number of para-hydroxylation sites is 1. The molecule has 2 amide bonds. The van der Waals surface area contributed by atoms with Crippen LogP contribution in [0.1, 0.15) is 32.6 Å². The monoisotopic (exact) mass is 354 g/mol. The van der Waals surface area contributed by atoms with Crippen LogP contribution in [0.4, 0.5) is 5.69 Å². The maximum Gasteiger partial charge on any atom is 0.248 e. The number of hydrogen-bond donors (Lipinski definition) is 0. The Morgan fingerprint density at radius 2 is 1.76 bits per heavy atom. The Morgan fingerprint density at radius 3 is 2.44 bits per heavy atom. The molecule has 0 unspecified atom stereocenters. The van der Waals surface area contributed by atoms with Crippen LogP contribution < -0.4 is 4.90 Å². The van der Waals surface area contributed by atoms with E-state index in [1.807, 2.05) is 48.5 Å². The minimum Gasteiger partial charge on any atom is -0.274 e. The van der Waals surface area contributed by atoms with Gasteiger partial charge in [0.25, 0.3) is 0 Å². The first-order chi connectivity index (χ1) is 12.2. The summed E-state index contributed by atoms with van der Waals surface area (Å²) in [5.41, 5.74) is 0.655. The number of carbonyl (C=O) groups excluding carboxylic acids is 2. The number of nitrogens with zero attached hydrogens (tertiary/aromatic N) is 2. The molecule has 1 fully saturated rings. The Morgan fingerprint density at radius 1 is 1.00 bits per heavy atom. The van der Waals surface area contributed by atoms with Gasteiger partial charge in [-0.15, -0.1) is 0 Å². The molecule has 25 heavy (non-hydrogen) atoms. The zero-order chi connectivity index (χ0) is 17.6. The number of carbonyl (C=O) groups is 2. The summed E-state index contributed by atoms with van der Waals surface area (Å²) in [6, 6.07) is 14.8. The molecule has 4 nitrogen and oxygen atoms in total. The summed E-state index contributed by atoms with van der Waals surface area (Å²) in [5, 5.41) is 0.378. The number of aromatic nitrogens is 1. The van der Waals surface area contributed by atoms with E-state index >= 15 is 0 Å². The highest BCUT2D eigenvalue weighted by Crippen LogP contribution is 2.39. The Kier molecular flexibility index (Phi) is 5.87. The minimum atomic E-state index is -0.403. The van der Waals surface area contributed by atoms with Gasteiger partial charge < -0.3 is 0 Å². The first-order valence-electron chi connectivity index (χ1n) is 8.73. The van der Waals surface area contributed by atoms with E-state index in [0.717, 1.165) is 30.7 Å². The summed E-state index contributed by atoms with van der Waals surface area (Å²) in [6.07, 6.45) is 5.58. The Balaban J connectivity index is 1.86. The molecule has 2 heterocycles. The lowest BCUT2D eigenvalue weighted by atomic mass is 9.99. The van der Waals surface area contributed by atoms with Crippen molar-refractivity contribution in [1.29, 1.82) is 0 Å². The first-order valence-corrected chi connectivity index (χ1v) is 9.61. The molecule has 0 spiro atoms. The smallest absolute Gasteiger partial charge is 0.248 e. The molecule has 130 valence electrons. The SMILES string of the molecule is CCCCC[C@@H]1C(=O)N(c2ccccc2)C(=O)[C@H]1Sc1ccccn1. The van der Waals surface area contributed by atoms with E-state index < -0.39 is 5.25 Å². The molecule has 1 aliphatic heterocycles. The van der Waals surface area contributed by atoms with Gasteiger partial charge in [-0.05, 0) is 30.7 Å². The normalized spacial score (nSPS) is 20.3. The molecule has 1 aromatic heterocycles. The standard InChI is InChI=1S/C20H22N2O2S/c1-2-3-5-12-16-18(25-17-13-8-9-14-21-17)20(24)22(19(16)23)15-10-6-4-7-11-15/h4,6-11,13-14,16,18H,2-3,5,12H2,1H3/t16-,18-/m0/s1. The highest BCUT2D eigenvalue weighted by atomic mass is 32.2. The third kappa shape index (κ3) is 3.93. The van der Waals surface area contributed by atoms with Crippen molar-refractivity contribution in [3.05, 3.63) is 54.7 Å². The van der Waals surface area contributed by atoms with Crippen LogP contribution >= 0.6 is 11.8 Å². The van der Waals surface area contributed by atoms with Crippen LogP contribution in [0.15, 0.2) is 59.8 Å². The molecule has 2 atom stereocenters. The fourth-order valence-electron chi connectivity index (χ4n) is 3.10. The van der Waals surface area contributed by atoms with E-state index in [-0.39, 0.29) is 17.7 Å². The molecule has 0 saturated carbocycles. The summed E-state index contributed by atoms with van der Waals surface area (Å²) in [7, 11) is 0. The zero-order valence-corrected chi connectivity index (χ0v) is 15.1. The molecule has 5 heteroatoms. The highest BCUT2D eigenvalue weighted by molar-refractivity contribution is 8.00. The van der Waals surface area contributed by atoms with Crippen molar-refractivity contribution in [1.82, 2.24) is 4.98 Å². The van der Waals surface area contributed by atoms with Crippen LogP contribution in [-0.2, 0) is 9.59 Å². The van der Waals surface area contributed by atoms with E-state index in [2.05, 4.69) is 11.9 Å². The molecular weight excluding hydrogens is 332 g/mol. The van der Waals surface area contributed by atoms with Gasteiger partial charge in [-0.3, -0.25) is 9.59 Å². The number of pyridine rings is 1. The van der Waals surface area contributed by atoms with Crippen molar-refractivity contribution in [2.24, 2.45) is 5.92 Å². The lowest BCUT2D eigenvalue weighted by Gasteiger charge is -2.14. The maximum absolute atomic E-state index is 13.0. The zero-order valence-electron chi connectivity index (χ0n) is 14.3. The Hall–Kier alpha value is -2.14. The molecule has 1 aliphatic rings. The molecule has 0 aliphatic carbocycles. The van der Waals surface area contributed by atoms with Crippen molar-refractivity contribution < 1.29 is 9.59 Å². The van der Waals surface area contributed by atoms with Crippen molar-refractivity contribution in [2.75, 3.05) is 4.90 Å². The van der Waals surface area contributed by atoms with Crippen molar-refractivity contribution in [3.63, 3.8) is 0 Å². The number of amides is 2. The van der Waals surface area contributed by atoms with Gasteiger partial charge in [0, 0.05) is 6.20 Å². The molecule has 2 aromatic rings. The van der Waals surface area contributed by atoms with Crippen LogP contribution in [0.3, 0.4) is 0 Å². The fraction of sp³-hybridized carbons (Fsp3) is 0.350. The minimum absolute atomic E-state index is 0.0827. The summed E-state index contributed by atoms with van der Waals surface area (Å²) in [6.45, 7) is 2.14. The van der Waals surface area contributed by atoms with E-state index in [1.54, 1.807) is 6.20 Å². The number of benzene rings is 1. The van der Waals surface area contributed by atoms with Gasteiger partial charge in [-0.25, -0.2) is 9.88 Å². The third-order valence-corrected chi connectivity index (χ3v) is 5.65. The van der Waals surface area contributed by atoms with Crippen molar-refractivity contribution in [3.8, 4) is 0 Å². The number of rotatable bonds is 7. The fourth-order valence-corrected chi connectivity index (χ4v) is 4.27. The van der Waals surface area contributed by atoms with Gasteiger partial charge in [0.05, 0.1) is 16.6 Å². The summed E-state index contributed by atoms with van der Waals surface area (Å²) >= 11 is 1.40. The third-order valence-electron chi connectivity index (χ3n) is 4.39. The molecule has 0 N–H and O–H groups in total. The average molecular weight is 354 g/mol. The maximum atomic E-state index is 13.0. The number of anilines is 1. The highest BCUT2D eigenvalue weighted by Gasteiger charge is 2.48. The lowest BCUT2D eigenvalue weighted by Crippen LogP contribution is -2.31. The van der Waals surface area contributed by atoms with Crippen molar-refractivity contribution in [2.45, 2.75) is 42.9 Å². The largest absolute Gasteiger partial charge is 0.274 e. The molecule has 1 aromatic carbocycles. The van der Waals surface area contributed by atoms with Crippen LogP contribution in [-0.4, -0.2) is 22.0 Å². The van der Waals surface area contributed by atoms with Gasteiger partial charge in [-0.1, -0.05) is 62.2 Å². The average Bonchev–Trinajstić information content (AvgIpc) is 2.87. The molecule has 3 rings (SSSR count). The summed E-state index contributed by atoms with van der Waals surface area (Å²) in [4.78, 5) is 31.7. The first kappa shape index (κ1) is 17.7. The number of thioether (sulfide) groups is 1. The number of hydrogen-bond acceptors (Lipinski definition) is 4. The summed E-state index contributed by atoms with van der Waals surface area (Å²) in [5.74, 6) is -0.500. The lowest BCUT2D eigenvalue weighted by molar-refractivity contribution is -0.122. The van der Waals surface area contributed by atoms with E-state index in [9.17, 15) is 9.59 Å². The van der Waals surface area contributed by atoms with Crippen LogP contribution in [0.5, 0.6) is 0 Å². The second-order valence-corrected chi connectivity index (χ2v) is 7.32. The topological polar surface area (TPSA) is 50.3 Å². The van der Waals surface area contributed by atoms with Gasteiger partial charge in [-0.2, -0.15) is 0 Å². The van der Waals surface area contributed by atoms with E-state index in [0.29, 0.717) is 5.69 Å². The van der Waals surface area contributed by atoms with Gasteiger partial charge in [0.2, 0.25) is 11.8 Å². The number of imide groups is 1. The van der Waals surface area contributed by atoms with Gasteiger partial charge >= 0.3 is 0 Å². The second kappa shape index (κ2) is 8.30. The van der Waals surface area contributed by atoms with Gasteiger partial charge in [0.15, 0.2) is 0 Å². The van der Waals surface area contributed by atoms with Crippen LogP contribution in [0.25, 0.3) is 0 Å². The van der Waals surface area contributed by atoms with Crippen molar-refractivity contribution >= 4 is 29.3 Å². The summed E-state index contributed by atoms with van der Waals surface area (Å²) < 4.78 is 0. The predicted molar refractivity (Wildman–Crippen MR) is 100 cm³/mol. The Bertz CT molecular complexity index is 721. The molecular formula is C20H22N2O2S. The van der Waals surface area contributed by atoms with E-state index in [1.165, 1.54) is 16.7 Å². The second-order valence-electron chi connectivity index (χ2n) is 6.16.